The van der Waals surface area contributed by atoms with Crippen molar-refractivity contribution in [1.29, 1.82) is 5.26 Å². The van der Waals surface area contributed by atoms with Crippen LogP contribution in [0.5, 0.6) is 0 Å². The molecule has 0 amide bonds. The van der Waals surface area contributed by atoms with Gasteiger partial charge in [0.15, 0.2) is 0 Å². The van der Waals surface area contributed by atoms with Crippen molar-refractivity contribution in [2.45, 2.75) is 52.4 Å². The lowest BCUT2D eigenvalue weighted by Crippen LogP contribution is -2.61. The molecule has 0 unspecified atom stereocenters. The Kier molecular flexibility index (Phi) is 9.80. The van der Waals surface area contributed by atoms with Crippen LogP contribution in [0.25, 0.3) is 54.9 Å². The van der Waals surface area contributed by atoms with Crippen molar-refractivity contribution < 1.29 is 0 Å². The van der Waals surface area contributed by atoms with Gasteiger partial charge in [-0.05, 0) is 160 Å². The fourth-order valence-corrected chi connectivity index (χ4v) is 11.2. The molecule has 2 aliphatic heterocycles. The van der Waals surface area contributed by atoms with Crippen molar-refractivity contribution in [1.82, 2.24) is 0 Å². The third kappa shape index (κ3) is 6.95. The van der Waals surface area contributed by atoms with E-state index in [-0.39, 0.29) is 17.5 Å². The van der Waals surface area contributed by atoms with Crippen LogP contribution < -0.4 is 26.2 Å². The highest BCUT2D eigenvalue weighted by molar-refractivity contribution is 7.00. The summed E-state index contributed by atoms with van der Waals surface area (Å²) in [5, 5.41) is 15.6. The third-order valence-corrected chi connectivity index (χ3v) is 14.5. The fraction of sp³-hybridized carbons (Fsp3) is 0.123. The van der Waals surface area contributed by atoms with Gasteiger partial charge < -0.3 is 9.80 Å². The Morgan fingerprint density at radius 3 is 1.20 bits per heavy atom. The monoisotopic (exact) mass is 885 g/mol. The predicted molar refractivity (Wildman–Crippen MR) is 294 cm³/mol. The van der Waals surface area contributed by atoms with Crippen LogP contribution >= 0.6 is 0 Å². The van der Waals surface area contributed by atoms with Crippen molar-refractivity contribution in [2.24, 2.45) is 0 Å². The van der Waals surface area contributed by atoms with Gasteiger partial charge >= 0.3 is 0 Å². The minimum absolute atomic E-state index is 0.0288. The third-order valence-electron chi connectivity index (χ3n) is 14.5. The van der Waals surface area contributed by atoms with Crippen molar-refractivity contribution in [3.05, 3.63) is 223 Å². The zero-order chi connectivity index (χ0) is 47.2. The standard InChI is InChI=1S/C65H52BN3/c1-64(2,3)47-30-32-55-57(39-47)68(49-22-12-8-13-23-49)59-37-45(38-60-63(59)66(55)56-33-31-48(65(4,5)6)40-58(56)69(60)50-24-14-9-15-25-50)44-34-42(41-67)35-46(36-44)62-53-28-18-16-26-51(53)61(43-20-10-7-11-21-43)52-27-17-19-29-54(52)62/h7-40H,1-6H3. The zero-order valence-corrected chi connectivity index (χ0v) is 40.0. The Balaban J connectivity index is 1.18. The highest BCUT2D eigenvalue weighted by Gasteiger charge is 2.44. The summed E-state index contributed by atoms with van der Waals surface area (Å²) < 4.78 is 0. The molecule has 4 heteroatoms. The summed E-state index contributed by atoms with van der Waals surface area (Å²) in [5.74, 6) is 0. The second-order valence-electron chi connectivity index (χ2n) is 20.9. The molecule has 2 heterocycles. The molecule has 3 nitrogen and oxygen atoms in total. The molecule has 0 fully saturated rings. The van der Waals surface area contributed by atoms with E-state index < -0.39 is 0 Å². The Hall–Kier alpha value is -8.13. The van der Waals surface area contributed by atoms with E-state index in [0.29, 0.717) is 5.56 Å². The molecule has 10 aromatic carbocycles. The molecule has 10 aromatic rings. The number of para-hydroxylation sites is 2. The first-order chi connectivity index (χ1) is 33.5. The van der Waals surface area contributed by atoms with E-state index in [1.54, 1.807) is 0 Å². The maximum Gasteiger partial charge on any atom is 0.252 e. The number of hydrogen-bond donors (Lipinski definition) is 0. The number of fused-ring (bicyclic) bond motifs is 6. The van der Waals surface area contributed by atoms with Gasteiger partial charge in [0.2, 0.25) is 0 Å². The second kappa shape index (κ2) is 16.0. The number of nitrogens with zero attached hydrogens (tertiary/aromatic N) is 3. The molecule has 0 spiro atoms. The van der Waals surface area contributed by atoms with Gasteiger partial charge in [0, 0.05) is 34.1 Å². The van der Waals surface area contributed by atoms with Crippen molar-refractivity contribution in [3.8, 4) is 39.4 Å². The Morgan fingerprint density at radius 2 is 0.768 bits per heavy atom. The maximum atomic E-state index is 11.0. The highest BCUT2D eigenvalue weighted by Crippen LogP contribution is 2.49. The molecule has 12 rings (SSSR count). The second-order valence-corrected chi connectivity index (χ2v) is 20.9. The van der Waals surface area contributed by atoms with Gasteiger partial charge in [0.05, 0.1) is 11.6 Å². The summed E-state index contributed by atoms with van der Waals surface area (Å²) in [6.07, 6.45) is 0. The zero-order valence-electron chi connectivity index (χ0n) is 40.0. The summed E-state index contributed by atoms with van der Waals surface area (Å²) in [6.45, 7) is 13.8. The Bertz CT molecular complexity index is 3520. The van der Waals surface area contributed by atoms with Crippen LogP contribution in [-0.4, -0.2) is 6.71 Å². The van der Waals surface area contributed by atoms with E-state index in [9.17, 15) is 5.26 Å². The minimum atomic E-state index is -0.0668. The largest absolute Gasteiger partial charge is 0.311 e. The number of benzene rings is 10. The average Bonchev–Trinajstić information content (AvgIpc) is 3.37. The summed E-state index contributed by atoms with van der Waals surface area (Å²) in [7, 11) is 0. The lowest BCUT2D eigenvalue weighted by Gasteiger charge is -2.45. The molecule has 2 aliphatic rings. The van der Waals surface area contributed by atoms with Crippen LogP contribution in [-0.2, 0) is 10.8 Å². The molecule has 0 N–H and O–H groups in total. The number of anilines is 6. The van der Waals surface area contributed by atoms with Crippen molar-refractivity contribution >= 4 is 78.8 Å². The van der Waals surface area contributed by atoms with E-state index in [1.807, 2.05) is 0 Å². The van der Waals surface area contributed by atoms with Crippen LogP contribution in [0.4, 0.5) is 34.1 Å². The number of hydrogen-bond acceptors (Lipinski definition) is 3. The quantitative estimate of drug-likeness (QED) is 0.127. The number of nitriles is 1. The smallest absolute Gasteiger partial charge is 0.252 e. The first kappa shape index (κ1) is 42.2. The van der Waals surface area contributed by atoms with Gasteiger partial charge in [0.25, 0.3) is 6.71 Å². The van der Waals surface area contributed by atoms with Crippen LogP contribution in [0, 0.1) is 11.3 Å². The molecule has 0 saturated carbocycles. The fourth-order valence-electron chi connectivity index (χ4n) is 11.2. The molecule has 0 bridgehead atoms. The molecule has 0 saturated heterocycles. The highest BCUT2D eigenvalue weighted by atomic mass is 15.2. The van der Waals surface area contributed by atoms with E-state index in [4.69, 9.17) is 0 Å². The summed E-state index contributed by atoms with van der Waals surface area (Å²) in [5.41, 5.74) is 20.3. The van der Waals surface area contributed by atoms with Gasteiger partial charge in [0.1, 0.15) is 0 Å². The lowest BCUT2D eigenvalue weighted by atomic mass is 9.33. The predicted octanol–water partition coefficient (Wildman–Crippen LogP) is 15.5. The van der Waals surface area contributed by atoms with Crippen LogP contribution in [0.1, 0.15) is 58.2 Å². The molecule has 330 valence electrons. The molecule has 0 atom stereocenters. The van der Waals surface area contributed by atoms with Gasteiger partial charge in [-0.1, -0.05) is 181 Å². The van der Waals surface area contributed by atoms with E-state index >= 15 is 0 Å². The van der Waals surface area contributed by atoms with Crippen molar-refractivity contribution in [3.63, 3.8) is 0 Å². The molecule has 0 aliphatic carbocycles. The van der Waals surface area contributed by atoms with E-state index in [1.165, 1.54) is 60.8 Å². The van der Waals surface area contributed by atoms with E-state index in [2.05, 4.69) is 264 Å². The summed E-state index contributed by atoms with van der Waals surface area (Å²) >= 11 is 0. The normalized spacial score (nSPS) is 13.0. The minimum Gasteiger partial charge on any atom is -0.311 e. The van der Waals surface area contributed by atoms with Crippen LogP contribution in [0.3, 0.4) is 0 Å². The molecule has 0 radical (unpaired) electrons. The Labute approximate surface area is 406 Å². The molecule has 0 aromatic heterocycles. The molecule has 69 heavy (non-hydrogen) atoms. The van der Waals surface area contributed by atoms with Crippen molar-refractivity contribution in [2.75, 3.05) is 9.80 Å². The lowest BCUT2D eigenvalue weighted by molar-refractivity contribution is 0.590. The summed E-state index contributed by atoms with van der Waals surface area (Å²) in [4.78, 5) is 5.00. The van der Waals surface area contributed by atoms with Crippen LogP contribution in [0.2, 0.25) is 0 Å². The average molecular weight is 886 g/mol. The molecular weight excluding hydrogens is 834 g/mol. The van der Waals surface area contributed by atoms with Gasteiger partial charge in [-0.25, -0.2) is 0 Å². The van der Waals surface area contributed by atoms with Gasteiger partial charge in [-0.15, -0.1) is 0 Å². The number of rotatable bonds is 5. The van der Waals surface area contributed by atoms with Crippen LogP contribution in [0.15, 0.2) is 206 Å². The topological polar surface area (TPSA) is 30.3 Å². The SMILES string of the molecule is CC(C)(C)c1ccc2c(c1)N(c1ccccc1)c1cc(-c3cc(C#N)cc(-c4c5ccccc5c(-c5ccccc5)c5ccccc45)c3)cc3c1B2c1ccc(C(C)(C)C)cc1N3c1ccccc1. The first-order valence-corrected chi connectivity index (χ1v) is 24.2. The Morgan fingerprint density at radius 1 is 0.377 bits per heavy atom. The van der Waals surface area contributed by atoms with Gasteiger partial charge in [-0.2, -0.15) is 5.26 Å². The van der Waals surface area contributed by atoms with Gasteiger partial charge in [-0.3, -0.25) is 0 Å². The van der Waals surface area contributed by atoms with E-state index in [0.717, 1.165) is 55.8 Å². The first-order valence-electron chi connectivity index (χ1n) is 24.2. The maximum absolute atomic E-state index is 11.0. The summed E-state index contributed by atoms with van der Waals surface area (Å²) in [6, 6.07) is 78.2. The molecular formula is C65H52BN3.